The topological polar surface area (TPSA) is 43.8 Å². The van der Waals surface area contributed by atoms with Gasteiger partial charge in [0, 0.05) is 12.2 Å². The van der Waals surface area contributed by atoms with Gasteiger partial charge in [-0.15, -0.1) is 0 Å². The van der Waals surface area contributed by atoms with Gasteiger partial charge in [-0.3, -0.25) is 4.68 Å². The second kappa shape index (κ2) is 3.05. The van der Waals surface area contributed by atoms with Gasteiger partial charge < -0.3 is 5.73 Å². The molecule has 62 valence electrons. The summed E-state index contributed by atoms with van der Waals surface area (Å²) in [4.78, 5) is 0. The summed E-state index contributed by atoms with van der Waals surface area (Å²) in [5.74, 6) is 0. The van der Waals surface area contributed by atoms with E-state index in [1.807, 2.05) is 30.9 Å². The first kappa shape index (κ1) is 8.27. The number of hydrogen-bond acceptors (Lipinski definition) is 2. The minimum Gasteiger partial charge on any atom is -0.326 e. The molecule has 0 aliphatic rings. The van der Waals surface area contributed by atoms with Crippen molar-refractivity contribution in [1.29, 1.82) is 0 Å². The van der Waals surface area contributed by atoms with Crippen LogP contribution >= 0.6 is 0 Å². The molecule has 3 heteroatoms. The molecule has 0 unspecified atom stereocenters. The van der Waals surface area contributed by atoms with Crippen LogP contribution in [0.5, 0.6) is 0 Å². The van der Waals surface area contributed by atoms with E-state index in [1.54, 1.807) is 0 Å². The normalized spacial score (nSPS) is 16.4. The molecule has 0 amide bonds. The van der Waals surface area contributed by atoms with Crippen LogP contribution in [0.25, 0.3) is 0 Å². The van der Waals surface area contributed by atoms with Crippen LogP contribution in [-0.2, 0) is 0 Å². The summed E-state index contributed by atoms with van der Waals surface area (Å²) in [7, 11) is 0. The fraction of sp³-hybridized carbons (Fsp3) is 0.625. The fourth-order valence-electron chi connectivity index (χ4n) is 0.897. The second-order valence-corrected chi connectivity index (χ2v) is 3.10. The lowest BCUT2D eigenvalue weighted by Gasteiger charge is -2.15. The predicted molar refractivity (Wildman–Crippen MR) is 45.3 cm³/mol. The monoisotopic (exact) mass is 153 g/mol. The van der Waals surface area contributed by atoms with Crippen molar-refractivity contribution in [2.45, 2.75) is 32.9 Å². The molecule has 0 spiro atoms. The molecular weight excluding hydrogens is 138 g/mol. The van der Waals surface area contributed by atoms with Crippen molar-refractivity contribution in [3.63, 3.8) is 0 Å². The van der Waals surface area contributed by atoms with Crippen LogP contribution in [0.4, 0.5) is 0 Å². The first-order valence-corrected chi connectivity index (χ1v) is 3.87. The molecule has 2 N–H and O–H groups in total. The van der Waals surface area contributed by atoms with E-state index >= 15 is 0 Å². The van der Waals surface area contributed by atoms with Crippen molar-refractivity contribution < 1.29 is 0 Å². The van der Waals surface area contributed by atoms with E-state index < -0.39 is 0 Å². The van der Waals surface area contributed by atoms with E-state index in [0.29, 0.717) is 0 Å². The average molecular weight is 153 g/mol. The second-order valence-electron chi connectivity index (χ2n) is 3.10. The summed E-state index contributed by atoms with van der Waals surface area (Å²) in [5.41, 5.74) is 6.89. The molecule has 3 nitrogen and oxygen atoms in total. The maximum absolute atomic E-state index is 5.72. The summed E-state index contributed by atoms with van der Waals surface area (Å²) in [6.45, 7) is 6.08. The van der Waals surface area contributed by atoms with E-state index in [2.05, 4.69) is 12.0 Å². The quantitative estimate of drug-likeness (QED) is 0.691. The van der Waals surface area contributed by atoms with Gasteiger partial charge in [0.1, 0.15) is 0 Å². The summed E-state index contributed by atoms with van der Waals surface area (Å²) in [6, 6.07) is 0.429. The van der Waals surface area contributed by atoms with Crippen molar-refractivity contribution in [3.05, 3.63) is 18.0 Å². The largest absolute Gasteiger partial charge is 0.326 e. The lowest BCUT2D eigenvalue weighted by molar-refractivity contribution is 0.425. The van der Waals surface area contributed by atoms with E-state index in [0.717, 1.165) is 0 Å². The molecule has 0 bridgehead atoms. The molecule has 1 rings (SSSR count). The molecule has 1 aromatic rings. The highest BCUT2D eigenvalue weighted by Crippen LogP contribution is 2.08. The minimum absolute atomic E-state index is 0.147. The van der Waals surface area contributed by atoms with Crippen LogP contribution in [0.2, 0.25) is 0 Å². The van der Waals surface area contributed by atoms with Gasteiger partial charge in [0.15, 0.2) is 0 Å². The Morgan fingerprint density at radius 1 is 1.55 bits per heavy atom. The van der Waals surface area contributed by atoms with Gasteiger partial charge in [-0.1, -0.05) is 0 Å². The number of aromatic nitrogens is 2. The zero-order valence-electron chi connectivity index (χ0n) is 7.28. The Balaban J connectivity index is 2.76. The van der Waals surface area contributed by atoms with Gasteiger partial charge in [0.25, 0.3) is 0 Å². The number of nitrogens with zero attached hydrogens (tertiary/aromatic N) is 2. The zero-order valence-corrected chi connectivity index (χ0v) is 7.28. The molecule has 0 saturated heterocycles. The van der Waals surface area contributed by atoms with E-state index in [9.17, 15) is 0 Å². The molecule has 1 heterocycles. The maximum atomic E-state index is 5.72. The standard InChI is InChI=1S/C8H15N3/c1-6-4-10-11(5-6)8(3)7(2)9/h4-5,7-8H,9H2,1-3H3/t7-,8+/m0/s1. The highest BCUT2D eigenvalue weighted by molar-refractivity contribution is 5.00. The Hall–Kier alpha value is -0.830. The maximum Gasteiger partial charge on any atom is 0.0639 e. The highest BCUT2D eigenvalue weighted by Gasteiger charge is 2.09. The zero-order chi connectivity index (χ0) is 8.43. The molecule has 0 saturated carbocycles. The van der Waals surface area contributed by atoms with Gasteiger partial charge in [0.2, 0.25) is 0 Å². The minimum atomic E-state index is 0.147. The number of hydrogen-bond donors (Lipinski definition) is 1. The van der Waals surface area contributed by atoms with Gasteiger partial charge in [-0.25, -0.2) is 0 Å². The van der Waals surface area contributed by atoms with Crippen LogP contribution < -0.4 is 5.73 Å². The van der Waals surface area contributed by atoms with E-state index in [1.165, 1.54) is 5.56 Å². The Bertz CT molecular complexity index is 227. The highest BCUT2D eigenvalue weighted by atomic mass is 15.3. The first-order valence-electron chi connectivity index (χ1n) is 3.87. The Kier molecular flexibility index (Phi) is 2.29. The Morgan fingerprint density at radius 2 is 2.18 bits per heavy atom. The van der Waals surface area contributed by atoms with Crippen molar-refractivity contribution in [1.82, 2.24) is 9.78 Å². The lowest BCUT2D eigenvalue weighted by atomic mass is 10.2. The molecular formula is C8H15N3. The molecule has 0 aliphatic carbocycles. The first-order chi connectivity index (χ1) is 5.11. The van der Waals surface area contributed by atoms with E-state index in [4.69, 9.17) is 5.73 Å². The SMILES string of the molecule is Cc1cnn([C@H](C)[C@H](C)N)c1. The third kappa shape index (κ3) is 1.80. The van der Waals surface area contributed by atoms with Crippen molar-refractivity contribution in [2.24, 2.45) is 5.73 Å². The van der Waals surface area contributed by atoms with Crippen LogP contribution in [0, 0.1) is 6.92 Å². The third-order valence-corrected chi connectivity index (χ3v) is 1.91. The molecule has 1 aromatic heterocycles. The molecule has 0 aromatic carbocycles. The average Bonchev–Trinajstić information content (AvgIpc) is 2.34. The smallest absolute Gasteiger partial charge is 0.0639 e. The Labute approximate surface area is 67.2 Å². The van der Waals surface area contributed by atoms with Gasteiger partial charge in [-0.05, 0) is 26.3 Å². The molecule has 0 fully saturated rings. The van der Waals surface area contributed by atoms with Gasteiger partial charge in [-0.2, -0.15) is 5.10 Å². The summed E-state index contributed by atoms with van der Waals surface area (Å²) >= 11 is 0. The molecule has 11 heavy (non-hydrogen) atoms. The molecule has 0 aliphatic heterocycles. The lowest BCUT2D eigenvalue weighted by Crippen LogP contribution is -2.27. The van der Waals surface area contributed by atoms with Gasteiger partial charge >= 0.3 is 0 Å². The number of aryl methyl sites for hydroxylation is 1. The van der Waals surface area contributed by atoms with Crippen molar-refractivity contribution in [3.8, 4) is 0 Å². The summed E-state index contributed by atoms with van der Waals surface area (Å²) in [5, 5.41) is 4.17. The van der Waals surface area contributed by atoms with Crippen LogP contribution in [0.1, 0.15) is 25.5 Å². The molecule has 2 atom stereocenters. The van der Waals surface area contributed by atoms with E-state index in [-0.39, 0.29) is 12.1 Å². The number of nitrogens with two attached hydrogens (primary N) is 1. The number of rotatable bonds is 2. The molecule has 0 radical (unpaired) electrons. The van der Waals surface area contributed by atoms with Crippen LogP contribution in [0.3, 0.4) is 0 Å². The van der Waals surface area contributed by atoms with Crippen molar-refractivity contribution >= 4 is 0 Å². The van der Waals surface area contributed by atoms with Crippen molar-refractivity contribution in [2.75, 3.05) is 0 Å². The van der Waals surface area contributed by atoms with Crippen LogP contribution in [-0.4, -0.2) is 15.8 Å². The third-order valence-electron chi connectivity index (χ3n) is 1.91. The van der Waals surface area contributed by atoms with Gasteiger partial charge in [0.05, 0.1) is 12.2 Å². The summed E-state index contributed by atoms with van der Waals surface area (Å²) in [6.07, 6.45) is 3.85. The summed E-state index contributed by atoms with van der Waals surface area (Å²) < 4.78 is 1.90. The fourth-order valence-corrected chi connectivity index (χ4v) is 0.897. The van der Waals surface area contributed by atoms with Crippen LogP contribution in [0.15, 0.2) is 12.4 Å². The predicted octanol–water partition coefficient (Wildman–Crippen LogP) is 1.10. The Morgan fingerprint density at radius 3 is 2.55 bits per heavy atom.